The van der Waals surface area contributed by atoms with E-state index in [0.717, 1.165) is 32.2 Å². The van der Waals surface area contributed by atoms with Gasteiger partial charge < -0.3 is 10.6 Å². The number of hydrogen-bond donors (Lipinski definition) is 2. The minimum absolute atomic E-state index is 0.310. The largest absolute Gasteiger partial charge is 0.353 e. The van der Waals surface area contributed by atoms with Gasteiger partial charge in [-0.1, -0.05) is 26.2 Å². The first-order chi connectivity index (χ1) is 8.79. The molecule has 0 aromatic heterocycles. The molecular formula is C15H28N2O. The van der Waals surface area contributed by atoms with Crippen molar-refractivity contribution in [2.75, 3.05) is 6.54 Å². The molecule has 0 radical (unpaired) electrons. The molecule has 0 spiro atoms. The number of nitrogens with one attached hydrogen (secondary N) is 2. The van der Waals surface area contributed by atoms with Gasteiger partial charge in [-0.2, -0.15) is 0 Å². The van der Waals surface area contributed by atoms with Crippen LogP contribution in [0.2, 0.25) is 0 Å². The van der Waals surface area contributed by atoms with Gasteiger partial charge in [-0.3, -0.25) is 4.79 Å². The molecule has 0 unspecified atom stereocenters. The molecule has 2 aliphatic rings. The lowest BCUT2D eigenvalue weighted by molar-refractivity contribution is -0.126. The first-order valence-corrected chi connectivity index (χ1v) is 7.83. The molecule has 0 atom stereocenters. The van der Waals surface area contributed by atoms with E-state index in [2.05, 4.69) is 17.6 Å². The summed E-state index contributed by atoms with van der Waals surface area (Å²) in [6, 6.07) is 1.12. The summed E-state index contributed by atoms with van der Waals surface area (Å²) >= 11 is 0. The van der Waals surface area contributed by atoms with E-state index in [1.54, 1.807) is 0 Å². The van der Waals surface area contributed by atoms with Crippen molar-refractivity contribution in [2.24, 2.45) is 5.92 Å². The van der Waals surface area contributed by atoms with Crippen LogP contribution in [-0.4, -0.2) is 24.5 Å². The van der Waals surface area contributed by atoms with E-state index in [4.69, 9.17) is 0 Å². The Morgan fingerprint density at radius 2 is 1.56 bits per heavy atom. The quantitative estimate of drug-likeness (QED) is 0.807. The van der Waals surface area contributed by atoms with Gasteiger partial charge in [0.15, 0.2) is 0 Å². The number of carbonyl (C=O) groups is 1. The van der Waals surface area contributed by atoms with Crippen LogP contribution < -0.4 is 10.6 Å². The zero-order chi connectivity index (χ0) is 12.8. The van der Waals surface area contributed by atoms with Gasteiger partial charge in [0.2, 0.25) is 5.91 Å². The molecule has 0 bridgehead atoms. The van der Waals surface area contributed by atoms with Gasteiger partial charge in [0.05, 0.1) is 0 Å². The van der Waals surface area contributed by atoms with Crippen LogP contribution >= 0.6 is 0 Å². The van der Waals surface area contributed by atoms with Crippen molar-refractivity contribution < 1.29 is 4.79 Å². The lowest BCUT2D eigenvalue weighted by Gasteiger charge is -2.31. The smallest absolute Gasteiger partial charge is 0.223 e. The fourth-order valence-electron chi connectivity index (χ4n) is 3.41. The lowest BCUT2D eigenvalue weighted by atomic mass is 9.87. The van der Waals surface area contributed by atoms with Crippen LogP contribution in [-0.2, 0) is 4.79 Å². The van der Waals surface area contributed by atoms with Gasteiger partial charge in [0, 0.05) is 18.0 Å². The molecule has 2 rings (SSSR count). The van der Waals surface area contributed by atoms with Crippen molar-refractivity contribution in [3.8, 4) is 0 Å². The van der Waals surface area contributed by atoms with Crippen LogP contribution in [0.3, 0.4) is 0 Å². The second kappa shape index (κ2) is 7.13. The first-order valence-electron chi connectivity index (χ1n) is 7.83. The zero-order valence-corrected chi connectivity index (χ0v) is 11.7. The van der Waals surface area contributed by atoms with E-state index in [9.17, 15) is 4.79 Å². The molecule has 2 aliphatic carbocycles. The Labute approximate surface area is 111 Å². The molecule has 104 valence electrons. The lowest BCUT2D eigenvalue weighted by Crippen LogP contribution is -2.44. The summed E-state index contributed by atoms with van der Waals surface area (Å²) in [5.74, 6) is 0.645. The molecule has 0 aromatic rings. The van der Waals surface area contributed by atoms with E-state index >= 15 is 0 Å². The molecule has 3 heteroatoms. The predicted octanol–water partition coefficient (Wildman–Crippen LogP) is 2.60. The Bertz CT molecular complexity index is 253. The Balaban J connectivity index is 1.68. The van der Waals surface area contributed by atoms with Crippen molar-refractivity contribution in [3.63, 3.8) is 0 Å². The highest BCUT2D eigenvalue weighted by molar-refractivity contribution is 5.79. The average Bonchev–Trinajstić information content (AvgIpc) is 2.42. The molecule has 2 saturated carbocycles. The van der Waals surface area contributed by atoms with Crippen LogP contribution in [0.4, 0.5) is 0 Å². The Kier molecular flexibility index (Phi) is 5.48. The average molecular weight is 252 g/mol. The summed E-state index contributed by atoms with van der Waals surface area (Å²) in [6.45, 7) is 3.22. The second-order valence-electron chi connectivity index (χ2n) is 5.95. The highest BCUT2D eigenvalue weighted by Crippen LogP contribution is 2.25. The summed E-state index contributed by atoms with van der Waals surface area (Å²) in [6.07, 6.45) is 10.7. The van der Waals surface area contributed by atoms with Crippen LogP contribution in [0.5, 0.6) is 0 Å². The highest BCUT2D eigenvalue weighted by Gasteiger charge is 2.26. The van der Waals surface area contributed by atoms with Gasteiger partial charge in [-0.05, 0) is 45.1 Å². The summed E-state index contributed by atoms with van der Waals surface area (Å²) < 4.78 is 0. The summed E-state index contributed by atoms with van der Waals surface area (Å²) in [5.41, 5.74) is 0. The molecule has 0 aromatic carbocycles. The highest BCUT2D eigenvalue weighted by atomic mass is 16.1. The SMILES string of the molecule is CCNC1CCC(NC(=O)C2CCCCC2)CC1. The monoisotopic (exact) mass is 252 g/mol. The number of rotatable bonds is 4. The van der Waals surface area contributed by atoms with Crippen LogP contribution in [0, 0.1) is 5.92 Å². The van der Waals surface area contributed by atoms with Gasteiger partial charge in [-0.25, -0.2) is 0 Å². The Morgan fingerprint density at radius 1 is 0.944 bits per heavy atom. The summed E-state index contributed by atoms with van der Waals surface area (Å²) in [4.78, 5) is 12.1. The number of hydrogen-bond acceptors (Lipinski definition) is 2. The first kappa shape index (κ1) is 13.9. The van der Waals surface area contributed by atoms with Crippen molar-refractivity contribution >= 4 is 5.91 Å². The third-order valence-electron chi connectivity index (χ3n) is 4.54. The van der Waals surface area contributed by atoms with E-state index in [1.807, 2.05) is 0 Å². The van der Waals surface area contributed by atoms with Crippen molar-refractivity contribution in [1.29, 1.82) is 0 Å². The van der Waals surface area contributed by atoms with Gasteiger partial charge in [0.1, 0.15) is 0 Å². The third-order valence-corrected chi connectivity index (χ3v) is 4.54. The molecule has 2 fully saturated rings. The van der Waals surface area contributed by atoms with Crippen LogP contribution in [0.15, 0.2) is 0 Å². The van der Waals surface area contributed by atoms with Gasteiger partial charge >= 0.3 is 0 Å². The minimum Gasteiger partial charge on any atom is -0.353 e. The molecule has 2 N–H and O–H groups in total. The molecule has 1 amide bonds. The Hall–Kier alpha value is -0.570. The Morgan fingerprint density at radius 3 is 2.17 bits per heavy atom. The molecular weight excluding hydrogens is 224 g/mol. The minimum atomic E-state index is 0.310. The maximum atomic E-state index is 12.1. The van der Waals surface area contributed by atoms with Gasteiger partial charge in [0.25, 0.3) is 0 Å². The van der Waals surface area contributed by atoms with Crippen LogP contribution in [0.25, 0.3) is 0 Å². The molecule has 0 aliphatic heterocycles. The third kappa shape index (κ3) is 3.98. The number of carbonyl (C=O) groups excluding carboxylic acids is 1. The normalized spacial score (nSPS) is 30.1. The van der Waals surface area contributed by atoms with E-state index < -0.39 is 0 Å². The summed E-state index contributed by atoms with van der Waals surface area (Å²) in [5, 5.41) is 6.79. The number of amides is 1. The predicted molar refractivity (Wildman–Crippen MR) is 74.4 cm³/mol. The van der Waals surface area contributed by atoms with Crippen molar-refractivity contribution in [1.82, 2.24) is 10.6 Å². The standard InChI is InChI=1S/C15H28N2O/c1-2-16-13-8-10-14(11-9-13)17-15(18)12-6-4-3-5-7-12/h12-14,16H,2-11H2,1H3,(H,17,18). The topological polar surface area (TPSA) is 41.1 Å². The maximum Gasteiger partial charge on any atom is 0.223 e. The van der Waals surface area contributed by atoms with E-state index in [-0.39, 0.29) is 0 Å². The molecule has 3 nitrogen and oxygen atoms in total. The second-order valence-corrected chi connectivity index (χ2v) is 5.95. The molecule has 0 heterocycles. The molecule has 0 saturated heterocycles. The van der Waals surface area contributed by atoms with E-state index in [1.165, 1.54) is 32.1 Å². The zero-order valence-electron chi connectivity index (χ0n) is 11.7. The summed E-state index contributed by atoms with van der Waals surface area (Å²) in [7, 11) is 0. The van der Waals surface area contributed by atoms with Crippen molar-refractivity contribution in [3.05, 3.63) is 0 Å². The van der Waals surface area contributed by atoms with Crippen LogP contribution in [0.1, 0.15) is 64.7 Å². The van der Waals surface area contributed by atoms with E-state index in [0.29, 0.717) is 23.9 Å². The fourth-order valence-corrected chi connectivity index (χ4v) is 3.41. The van der Waals surface area contributed by atoms with Gasteiger partial charge in [-0.15, -0.1) is 0 Å². The van der Waals surface area contributed by atoms with Crippen molar-refractivity contribution in [2.45, 2.75) is 76.8 Å². The fraction of sp³-hybridized carbons (Fsp3) is 0.933. The maximum absolute atomic E-state index is 12.1. The molecule has 18 heavy (non-hydrogen) atoms.